The number of nitrogens with one attached hydrogen (secondary N) is 1. The van der Waals surface area contributed by atoms with Gasteiger partial charge in [-0.25, -0.2) is 0 Å². The van der Waals surface area contributed by atoms with E-state index in [0.717, 1.165) is 19.3 Å². The first-order valence-electron chi connectivity index (χ1n) is 8.46. The first kappa shape index (κ1) is 18.0. The highest BCUT2D eigenvalue weighted by Gasteiger charge is 2.27. The molecule has 130 valence electrons. The normalized spacial score (nSPS) is 14.1. The van der Waals surface area contributed by atoms with E-state index in [1.165, 1.54) is 4.90 Å². The summed E-state index contributed by atoms with van der Waals surface area (Å²) in [5.41, 5.74) is 0.678. The lowest BCUT2D eigenvalue weighted by molar-refractivity contribution is -0.138. The van der Waals surface area contributed by atoms with E-state index in [-0.39, 0.29) is 17.7 Å². The molecule has 0 unspecified atom stereocenters. The van der Waals surface area contributed by atoms with Gasteiger partial charge in [0.2, 0.25) is 17.7 Å². The number of carbonyl (C=O) groups excluding carboxylic acids is 3. The molecule has 1 aromatic rings. The smallest absolute Gasteiger partial charge is 0.229 e. The zero-order chi connectivity index (χ0) is 17.4. The molecule has 0 atom stereocenters. The number of rotatable bonds is 9. The molecule has 1 aliphatic rings. The van der Waals surface area contributed by atoms with Crippen molar-refractivity contribution >= 4 is 23.4 Å². The molecule has 1 aromatic carbocycles. The molecule has 0 radical (unpaired) electrons. The third-order valence-corrected chi connectivity index (χ3v) is 3.90. The molecule has 0 spiro atoms. The second-order valence-electron chi connectivity index (χ2n) is 5.73. The van der Waals surface area contributed by atoms with Gasteiger partial charge in [-0.05, 0) is 31.9 Å². The van der Waals surface area contributed by atoms with Crippen molar-refractivity contribution in [3.63, 3.8) is 0 Å². The monoisotopic (exact) mass is 332 g/mol. The molecule has 0 bridgehead atoms. The van der Waals surface area contributed by atoms with Crippen LogP contribution in [-0.2, 0) is 14.4 Å². The number of imide groups is 1. The Labute approximate surface area is 142 Å². The Morgan fingerprint density at radius 1 is 1.12 bits per heavy atom. The zero-order valence-electron chi connectivity index (χ0n) is 14.0. The summed E-state index contributed by atoms with van der Waals surface area (Å²) in [6.07, 6.45) is 3.33. The third kappa shape index (κ3) is 5.08. The molecular weight excluding hydrogens is 308 g/mol. The van der Waals surface area contributed by atoms with Crippen LogP contribution in [0.4, 0.5) is 5.69 Å². The summed E-state index contributed by atoms with van der Waals surface area (Å²) in [6.45, 7) is 2.90. The highest BCUT2D eigenvalue weighted by Crippen LogP contribution is 2.24. The summed E-state index contributed by atoms with van der Waals surface area (Å²) >= 11 is 0. The zero-order valence-corrected chi connectivity index (χ0v) is 14.0. The van der Waals surface area contributed by atoms with Gasteiger partial charge in [-0.2, -0.15) is 0 Å². The molecule has 0 aliphatic carbocycles. The molecule has 1 saturated heterocycles. The number of nitrogens with zero attached hydrogens (tertiary/aromatic N) is 1. The maximum Gasteiger partial charge on any atom is 0.229 e. The second-order valence-corrected chi connectivity index (χ2v) is 5.73. The first-order valence-corrected chi connectivity index (χ1v) is 8.46. The molecule has 6 heteroatoms. The van der Waals surface area contributed by atoms with Crippen LogP contribution in [0.5, 0.6) is 5.75 Å². The second kappa shape index (κ2) is 9.05. The molecule has 0 saturated carbocycles. The van der Waals surface area contributed by atoms with Crippen molar-refractivity contribution < 1.29 is 19.1 Å². The third-order valence-electron chi connectivity index (χ3n) is 3.90. The van der Waals surface area contributed by atoms with Gasteiger partial charge in [0.15, 0.2) is 0 Å². The molecule has 24 heavy (non-hydrogen) atoms. The van der Waals surface area contributed by atoms with Crippen LogP contribution in [0.1, 0.15) is 45.4 Å². The Morgan fingerprint density at radius 3 is 2.54 bits per heavy atom. The van der Waals surface area contributed by atoms with Crippen LogP contribution >= 0.6 is 0 Å². The maximum absolute atomic E-state index is 12.0. The number of carbonyl (C=O) groups is 3. The van der Waals surface area contributed by atoms with Crippen LogP contribution in [-0.4, -0.2) is 35.8 Å². The minimum Gasteiger partial charge on any atom is -0.492 e. The van der Waals surface area contributed by atoms with E-state index in [1.807, 2.05) is 31.2 Å². The Bertz CT molecular complexity index is 584. The standard InChI is InChI=1S/C18H24N2O4/c1-2-24-15-9-6-5-8-14(15)19-16(21)10-4-3-7-13-20-17(22)11-12-18(20)23/h5-6,8-9H,2-4,7,10-13H2,1H3,(H,19,21). The van der Waals surface area contributed by atoms with Gasteiger partial charge < -0.3 is 10.1 Å². The first-order chi connectivity index (χ1) is 11.6. The SMILES string of the molecule is CCOc1ccccc1NC(=O)CCCCCN1C(=O)CCC1=O. The molecule has 2 rings (SSSR count). The van der Waals surface area contributed by atoms with Gasteiger partial charge in [-0.3, -0.25) is 19.3 Å². The van der Waals surface area contributed by atoms with Gasteiger partial charge in [-0.15, -0.1) is 0 Å². The fourth-order valence-electron chi connectivity index (χ4n) is 2.67. The summed E-state index contributed by atoms with van der Waals surface area (Å²) in [6, 6.07) is 7.35. The summed E-state index contributed by atoms with van der Waals surface area (Å²) < 4.78 is 5.47. The van der Waals surface area contributed by atoms with E-state index < -0.39 is 0 Å². The average Bonchev–Trinajstić information content (AvgIpc) is 2.88. The van der Waals surface area contributed by atoms with Gasteiger partial charge >= 0.3 is 0 Å². The summed E-state index contributed by atoms with van der Waals surface area (Å²) in [4.78, 5) is 36.3. The topological polar surface area (TPSA) is 75.7 Å². The van der Waals surface area contributed by atoms with Crippen molar-refractivity contribution in [2.75, 3.05) is 18.5 Å². The minimum atomic E-state index is -0.0784. The van der Waals surface area contributed by atoms with Crippen LogP contribution in [0, 0.1) is 0 Å². The molecule has 1 fully saturated rings. The average molecular weight is 332 g/mol. The van der Waals surface area contributed by atoms with Gasteiger partial charge in [0.1, 0.15) is 5.75 Å². The Morgan fingerprint density at radius 2 is 1.83 bits per heavy atom. The number of hydrogen-bond donors (Lipinski definition) is 1. The van der Waals surface area contributed by atoms with Crippen LogP contribution in [0.2, 0.25) is 0 Å². The van der Waals surface area contributed by atoms with Gasteiger partial charge in [0.05, 0.1) is 12.3 Å². The number of ether oxygens (including phenoxy) is 1. The van der Waals surface area contributed by atoms with Crippen molar-refractivity contribution in [2.24, 2.45) is 0 Å². The van der Waals surface area contributed by atoms with Crippen molar-refractivity contribution in [1.29, 1.82) is 0 Å². The Hall–Kier alpha value is -2.37. The highest BCUT2D eigenvalue weighted by molar-refractivity contribution is 6.01. The van der Waals surface area contributed by atoms with Crippen LogP contribution in [0.25, 0.3) is 0 Å². The number of anilines is 1. The van der Waals surface area contributed by atoms with E-state index in [4.69, 9.17) is 4.74 Å². The minimum absolute atomic E-state index is 0.0597. The molecule has 3 amide bonds. The lowest BCUT2D eigenvalue weighted by Crippen LogP contribution is -2.29. The van der Waals surface area contributed by atoms with E-state index in [2.05, 4.69) is 5.32 Å². The number of amides is 3. The molecular formula is C18H24N2O4. The largest absolute Gasteiger partial charge is 0.492 e. The molecule has 1 aliphatic heterocycles. The number of unbranched alkanes of at least 4 members (excludes halogenated alkanes) is 2. The predicted molar refractivity (Wildman–Crippen MR) is 90.7 cm³/mol. The van der Waals surface area contributed by atoms with Gasteiger partial charge in [0, 0.05) is 25.8 Å². The summed E-state index contributed by atoms with van der Waals surface area (Å²) in [5.74, 6) is 0.449. The fraction of sp³-hybridized carbons (Fsp3) is 0.500. The quantitative estimate of drug-likeness (QED) is 0.557. The van der Waals surface area contributed by atoms with Crippen molar-refractivity contribution in [2.45, 2.75) is 45.4 Å². The Balaban J connectivity index is 1.67. The van der Waals surface area contributed by atoms with E-state index in [9.17, 15) is 14.4 Å². The highest BCUT2D eigenvalue weighted by atomic mass is 16.5. The lowest BCUT2D eigenvalue weighted by atomic mass is 10.1. The van der Waals surface area contributed by atoms with Crippen LogP contribution in [0.3, 0.4) is 0 Å². The number of likely N-dealkylation sites (tertiary alicyclic amines) is 1. The molecule has 0 aromatic heterocycles. The van der Waals surface area contributed by atoms with Crippen molar-refractivity contribution in [1.82, 2.24) is 4.90 Å². The number of hydrogen-bond acceptors (Lipinski definition) is 4. The van der Waals surface area contributed by atoms with Crippen LogP contribution < -0.4 is 10.1 Å². The number of benzene rings is 1. The summed E-state index contributed by atoms with van der Waals surface area (Å²) in [7, 11) is 0. The van der Waals surface area contributed by atoms with Crippen molar-refractivity contribution in [3.05, 3.63) is 24.3 Å². The summed E-state index contributed by atoms with van der Waals surface area (Å²) in [5, 5.41) is 2.86. The van der Waals surface area contributed by atoms with Crippen molar-refractivity contribution in [3.8, 4) is 5.75 Å². The molecule has 6 nitrogen and oxygen atoms in total. The van der Waals surface area contributed by atoms with E-state index >= 15 is 0 Å². The van der Waals surface area contributed by atoms with Crippen LogP contribution in [0.15, 0.2) is 24.3 Å². The molecule has 1 heterocycles. The predicted octanol–water partition coefficient (Wildman–Crippen LogP) is 2.73. The van der Waals surface area contributed by atoms with E-state index in [0.29, 0.717) is 43.9 Å². The fourth-order valence-corrected chi connectivity index (χ4v) is 2.67. The van der Waals surface area contributed by atoms with Gasteiger partial charge in [0.25, 0.3) is 0 Å². The molecule has 1 N–H and O–H groups in total. The van der Waals surface area contributed by atoms with E-state index in [1.54, 1.807) is 0 Å². The Kier molecular flexibility index (Phi) is 6.78. The van der Waals surface area contributed by atoms with Gasteiger partial charge in [-0.1, -0.05) is 18.6 Å². The maximum atomic E-state index is 12.0. The lowest BCUT2D eigenvalue weighted by Gasteiger charge is -2.13. The number of para-hydroxylation sites is 2.